The molecule has 0 atom stereocenters. The molecule has 0 aliphatic heterocycles. The van der Waals surface area contributed by atoms with Crippen LogP contribution < -0.4 is 0 Å². The number of nitriles is 1. The van der Waals surface area contributed by atoms with Crippen molar-refractivity contribution in [2.45, 2.75) is 0 Å². The minimum atomic E-state index is 0.522. The minimum absolute atomic E-state index is 0.522. The first-order valence-corrected chi connectivity index (χ1v) is 6.93. The van der Waals surface area contributed by atoms with Crippen LogP contribution in [0.3, 0.4) is 0 Å². The quantitative estimate of drug-likeness (QED) is 0.622. The monoisotopic (exact) mass is 313 g/mol. The molecule has 0 saturated heterocycles. The summed E-state index contributed by atoms with van der Waals surface area (Å²) in [5.41, 5.74) is 2.72. The molecule has 21 heavy (non-hydrogen) atoms. The molecule has 0 aliphatic carbocycles. The van der Waals surface area contributed by atoms with Gasteiger partial charge in [-0.2, -0.15) is 5.26 Å². The number of rotatable bonds is 2. The van der Waals surface area contributed by atoms with Crippen molar-refractivity contribution in [2.75, 3.05) is 0 Å². The predicted molar refractivity (Wildman–Crippen MR) is 85.8 cm³/mol. The Morgan fingerprint density at radius 1 is 1.19 bits per heavy atom. The third-order valence-corrected chi connectivity index (χ3v) is 3.64. The fourth-order valence-corrected chi connectivity index (χ4v) is 2.52. The summed E-state index contributed by atoms with van der Waals surface area (Å²) in [5.74, 6) is 0. The first-order chi connectivity index (χ1) is 10.2. The molecule has 102 valence electrons. The van der Waals surface area contributed by atoms with E-state index in [0.717, 1.165) is 11.1 Å². The van der Waals surface area contributed by atoms with Crippen molar-refractivity contribution in [2.24, 2.45) is 4.99 Å². The summed E-state index contributed by atoms with van der Waals surface area (Å²) >= 11 is 12.0. The molecule has 2 heterocycles. The number of pyridine rings is 1. The summed E-state index contributed by atoms with van der Waals surface area (Å²) in [7, 11) is 0. The fourth-order valence-electron chi connectivity index (χ4n) is 2.07. The van der Waals surface area contributed by atoms with E-state index in [-0.39, 0.29) is 0 Å². The molecule has 0 fully saturated rings. The number of aromatic nitrogens is 1. The Bertz CT molecular complexity index is 888. The maximum atomic E-state index is 9.31. The van der Waals surface area contributed by atoms with Crippen molar-refractivity contribution in [3.63, 3.8) is 0 Å². The molecule has 0 spiro atoms. The number of hydrogen-bond acceptors (Lipinski definition) is 2. The van der Waals surface area contributed by atoms with Crippen molar-refractivity contribution in [3.05, 3.63) is 70.0 Å². The van der Waals surface area contributed by atoms with Crippen molar-refractivity contribution >= 4 is 40.6 Å². The van der Waals surface area contributed by atoms with Gasteiger partial charge in [-0.15, -0.1) is 0 Å². The van der Waals surface area contributed by atoms with E-state index in [1.165, 1.54) is 0 Å². The van der Waals surface area contributed by atoms with Gasteiger partial charge in [0.1, 0.15) is 11.6 Å². The van der Waals surface area contributed by atoms with Crippen LogP contribution in [-0.4, -0.2) is 10.6 Å². The highest BCUT2D eigenvalue weighted by atomic mass is 35.5. The van der Waals surface area contributed by atoms with E-state index in [2.05, 4.69) is 11.1 Å². The Morgan fingerprint density at radius 3 is 2.81 bits per heavy atom. The number of aliphatic imine (C=N–C) groups is 1. The average Bonchev–Trinajstić information content (AvgIpc) is 2.83. The lowest BCUT2D eigenvalue weighted by molar-refractivity contribution is 1.20. The third-order valence-electron chi connectivity index (χ3n) is 3.08. The van der Waals surface area contributed by atoms with Crippen LogP contribution in [0.15, 0.2) is 53.8 Å². The zero-order valence-corrected chi connectivity index (χ0v) is 12.3. The van der Waals surface area contributed by atoms with Gasteiger partial charge in [0.05, 0.1) is 16.2 Å². The van der Waals surface area contributed by atoms with E-state index in [1.807, 2.05) is 35.0 Å². The molecule has 0 bridgehead atoms. The third kappa shape index (κ3) is 2.64. The zero-order valence-electron chi connectivity index (χ0n) is 10.8. The SMILES string of the molecule is N#Cc1c(N=Cc2ccc(Cl)cc2Cl)cn2ccccc12. The van der Waals surface area contributed by atoms with Crippen LogP contribution in [0.1, 0.15) is 11.1 Å². The van der Waals surface area contributed by atoms with Gasteiger partial charge >= 0.3 is 0 Å². The number of halogens is 2. The highest BCUT2D eigenvalue weighted by Crippen LogP contribution is 2.26. The molecule has 5 heteroatoms. The van der Waals surface area contributed by atoms with Gasteiger partial charge in [-0.3, -0.25) is 4.99 Å². The Labute approximate surface area is 131 Å². The molecule has 3 nitrogen and oxygen atoms in total. The van der Waals surface area contributed by atoms with Gasteiger partial charge in [-0.25, -0.2) is 0 Å². The van der Waals surface area contributed by atoms with Gasteiger partial charge in [0.15, 0.2) is 0 Å². The molecule has 3 aromatic rings. The standard InChI is InChI=1S/C16H9Cl2N3/c17-12-5-4-11(14(18)7-12)9-20-15-10-21-6-2-1-3-16(21)13(15)8-19/h1-7,9-10H. The molecular formula is C16H9Cl2N3. The summed E-state index contributed by atoms with van der Waals surface area (Å²) in [6.45, 7) is 0. The van der Waals surface area contributed by atoms with Crippen LogP contribution in [-0.2, 0) is 0 Å². The Morgan fingerprint density at radius 2 is 2.05 bits per heavy atom. The summed E-state index contributed by atoms with van der Waals surface area (Å²) in [4.78, 5) is 4.38. The number of fused-ring (bicyclic) bond motifs is 1. The van der Waals surface area contributed by atoms with E-state index in [9.17, 15) is 5.26 Å². The highest BCUT2D eigenvalue weighted by molar-refractivity contribution is 6.36. The molecule has 3 rings (SSSR count). The zero-order chi connectivity index (χ0) is 14.8. The fraction of sp³-hybridized carbons (Fsp3) is 0. The second-order valence-electron chi connectivity index (χ2n) is 4.42. The normalized spacial score (nSPS) is 11.1. The summed E-state index contributed by atoms with van der Waals surface area (Å²) in [5, 5.41) is 10.4. The lowest BCUT2D eigenvalue weighted by Gasteiger charge is -1.97. The maximum Gasteiger partial charge on any atom is 0.104 e. The van der Waals surface area contributed by atoms with Crippen LogP contribution in [0, 0.1) is 11.3 Å². The van der Waals surface area contributed by atoms with Crippen LogP contribution in [0.2, 0.25) is 10.0 Å². The number of hydrogen-bond donors (Lipinski definition) is 0. The van der Waals surface area contributed by atoms with Crippen LogP contribution in [0.25, 0.3) is 5.52 Å². The molecular weight excluding hydrogens is 305 g/mol. The lowest BCUT2D eigenvalue weighted by atomic mass is 10.2. The molecule has 1 aromatic carbocycles. The number of benzene rings is 1. The van der Waals surface area contributed by atoms with Gasteiger partial charge in [-0.05, 0) is 24.3 Å². The van der Waals surface area contributed by atoms with Crippen LogP contribution in [0.5, 0.6) is 0 Å². The van der Waals surface area contributed by atoms with E-state index in [4.69, 9.17) is 23.2 Å². The molecule has 2 aromatic heterocycles. The highest BCUT2D eigenvalue weighted by Gasteiger charge is 2.08. The second kappa shape index (κ2) is 5.61. The first-order valence-electron chi connectivity index (χ1n) is 6.18. The Balaban J connectivity index is 2.05. The Hall–Kier alpha value is -2.28. The van der Waals surface area contributed by atoms with Gasteiger partial charge in [0.2, 0.25) is 0 Å². The van der Waals surface area contributed by atoms with Crippen molar-refractivity contribution in [1.29, 1.82) is 5.26 Å². The van der Waals surface area contributed by atoms with Gasteiger partial charge in [-0.1, -0.05) is 35.3 Å². The van der Waals surface area contributed by atoms with E-state index < -0.39 is 0 Å². The van der Waals surface area contributed by atoms with Crippen molar-refractivity contribution in [3.8, 4) is 6.07 Å². The Kier molecular flexibility index (Phi) is 3.66. The molecule has 0 unspecified atom stereocenters. The summed E-state index contributed by atoms with van der Waals surface area (Å²) < 4.78 is 1.87. The van der Waals surface area contributed by atoms with Gasteiger partial charge in [0.25, 0.3) is 0 Å². The van der Waals surface area contributed by atoms with Crippen molar-refractivity contribution < 1.29 is 0 Å². The largest absolute Gasteiger partial charge is 0.320 e. The maximum absolute atomic E-state index is 9.31. The summed E-state index contributed by atoms with van der Waals surface area (Å²) in [6, 6.07) is 13.1. The topological polar surface area (TPSA) is 40.6 Å². The lowest BCUT2D eigenvalue weighted by Crippen LogP contribution is -1.82. The van der Waals surface area contributed by atoms with Gasteiger partial charge < -0.3 is 4.40 Å². The van der Waals surface area contributed by atoms with Crippen molar-refractivity contribution in [1.82, 2.24) is 4.40 Å². The van der Waals surface area contributed by atoms with E-state index in [0.29, 0.717) is 21.3 Å². The summed E-state index contributed by atoms with van der Waals surface area (Å²) in [6.07, 6.45) is 5.33. The molecule has 0 aliphatic rings. The van der Waals surface area contributed by atoms with E-state index >= 15 is 0 Å². The number of nitrogens with zero attached hydrogens (tertiary/aromatic N) is 3. The predicted octanol–water partition coefficient (Wildman–Crippen LogP) is 4.87. The van der Waals surface area contributed by atoms with E-state index in [1.54, 1.807) is 24.4 Å². The second-order valence-corrected chi connectivity index (χ2v) is 5.26. The van der Waals surface area contributed by atoms with Crippen LogP contribution >= 0.6 is 23.2 Å². The smallest absolute Gasteiger partial charge is 0.104 e. The molecule has 0 saturated carbocycles. The van der Waals surface area contributed by atoms with Crippen LogP contribution in [0.4, 0.5) is 5.69 Å². The first kappa shape index (κ1) is 13.7. The van der Waals surface area contributed by atoms with Gasteiger partial charge in [0, 0.05) is 29.2 Å². The minimum Gasteiger partial charge on any atom is -0.320 e. The molecule has 0 amide bonds. The molecule has 0 N–H and O–H groups in total. The average molecular weight is 314 g/mol. The molecule has 0 radical (unpaired) electrons.